The van der Waals surface area contributed by atoms with Crippen molar-refractivity contribution in [3.63, 3.8) is 0 Å². The number of aromatic amines is 2. The summed E-state index contributed by atoms with van der Waals surface area (Å²) in [4.78, 5) is 50.6. The van der Waals surface area contributed by atoms with Gasteiger partial charge in [0.05, 0.1) is 12.3 Å². The summed E-state index contributed by atoms with van der Waals surface area (Å²) in [5.41, 5.74) is -1.02. The second kappa shape index (κ2) is 5.09. The van der Waals surface area contributed by atoms with E-state index in [1.54, 1.807) is 0 Å². The number of hydrogen-bond donors (Lipinski definition) is 3. The molecule has 1 saturated heterocycles. The van der Waals surface area contributed by atoms with Gasteiger partial charge in [-0.15, -0.1) is 0 Å². The molecule has 0 spiro atoms. The molecule has 8 heteroatoms. The van der Waals surface area contributed by atoms with Crippen molar-refractivity contribution in [2.75, 3.05) is 13.1 Å². The standard InChI is InChI=1S/C11H13N3O5/c15-8-3-7(12-11(19)13-8)4-9(16)14-2-1-6(5-14)10(17)18/h3,6H,1-2,4-5H2,(H,17,18)(H2,12,13,15,19). The van der Waals surface area contributed by atoms with E-state index in [-0.39, 0.29) is 24.6 Å². The van der Waals surface area contributed by atoms with Crippen LogP contribution in [0.25, 0.3) is 0 Å². The molecule has 2 rings (SSSR count). The van der Waals surface area contributed by atoms with Crippen LogP contribution in [0.5, 0.6) is 0 Å². The number of aromatic nitrogens is 2. The van der Waals surface area contributed by atoms with Gasteiger partial charge in [-0.1, -0.05) is 0 Å². The third kappa shape index (κ3) is 3.09. The smallest absolute Gasteiger partial charge is 0.325 e. The summed E-state index contributed by atoms with van der Waals surface area (Å²) in [5.74, 6) is -1.76. The van der Waals surface area contributed by atoms with Crippen LogP contribution in [-0.4, -0.2) is 44.9 Å². The Morgan fingerprint density at radius 2 is 2.11 bits per heavy atom. The fraction of sp³-hybridized carbons (Fsp3) is 0.455. The van der Waals surface area contributed by atoms with Crippen molar-refractivity contribution >= 4 is 11.9 Å². The molecule has 1 atom stereocenters. The topological polar surface area (TPSA) is 123 Å². The van der Waals surface area contributed by atoms with Gasteiger partial charge < -0.3 is 15.0 Å². The SMILES string of the molecule is O=C(O)C1CCN(C(=O)Cc2cc(=O)[nH]c(=O)[nH]2)C1. The Morgan fingerprint density at radius 3 is 2.68 bits per heavy atom. The Balaban J connectivity index is 2.04. The van der Waals surface area contributed by atoms with Gasteiger partial charge in [0.2, 0.25) is 5.91 Å². The summed E-state index contributed by atoms with van der Waals surface area (Å²) in [6.45, 7) is 0.546. The molecule has 0 bridgehead atoms. The van der Waals surface area contributed by atoms with Crippen LogP contribution < -0.4 is 11.2 Å². The summed E-state index contributed by atoms with van der Waals surface area (Å²) < 4.78 is 0. The second-order valence-corrected chi connectivity index (χ2v) is 4.45. The lowest BCUT2D eigenvalue weighted by molar-refractivity contribution is -0.141. The van der Waals surface area contributed by atoms with E-state index in [9.17, 15) is 19.2 Å². The van der Waals surface area contributed by atoms with Crippen molar-refractivity contribution in [1.82, 2.24) is 14.9 Å². The summed E-state index contributed by atoms with van der Waals surface area (Å²) >= 11 is 0. The Kier molecular flexibility index (Phi) is 3.50. The van der Waals surface area contributed by atoms with Crippen LogP contribution in [0.1, 0.15) is 12.1 Å². The highest BCUT2D eigenvalue weighted by Gasteiger charge is 2.30. The lowest BCUT2D eigenvalue weighted by Gasteiger charge is -2.15. The predicted octanol–water partition coefficient (Wildman–Crippen LogP) is -1.46. The molecule has 1 aliphatic rings. The van der Waals surface area contributed by atoms with Gasteiger partial charge in [0.15, 0.2) is 0 Å². The minimum Gasteiger partial charge on any atom is -0.481 e. The minimum absolute atomic E-state index is 0.120. The molecule has 3 N–H and O–H groups in total. The molecular weight excluding hydrogens is 254 g/mol. The number of likely N-dealkylation sites (tertiary alicyclic amines) is 1. The van der Waals surface area contributed by atoms with Gasteiger partial charge in [-0.25, -0.2) is 4.79 Å². The number of H-pyrrole nitrogens is 2. The molecule has 1 aliphatic heterocycles. The molecule has 0 radical (unpaired) electrons. The van der Waals surface area contributed by atoms with Crippen molar-refractivity contribution in [2.24, 2.45) is 5.92 Å². The molecule has 102 valence electrons. The van der Waals surface area contributed by atoms with Crippen LogP contribution in [0.2, 0.25) is 0 Å². The second-order valence-electron chi connectivity index (χ2n) is 4.45. The van der Waals surface area contributed by atoms with Gasteiger partial charge >= 0.3 is 11.7 Å². The number of nitrogens with zero attached hydrogens (tertiary/aromatic N) is 1. The summed E-state index contributed by atoms with van der Waals surface area (Å²) in [6.07, 6.45) is 0.304. The minimum atomic E-state index is -0.917. The Hall–Kier alpha value is -2.38. The lowest BCUT2D eigenvalue weighted by Crippen LogP contribution is -2.33. The fourth-order valence-corrected chi connectivity index (χ4v) is 2.08. The molecule has 1 aromatic heterocycles. The first kappa shape index (κ1) is 13.1. The van der Waals surface area contributed by atoms with Gasteiger partial charge in [-0.2, -0.15) is 0 Å². The van der Waals surface area contributed by atoms with E-state index in [1.165, 1.54) is 4.90 Å². The molecular formula is C11H13N3O5. The number of rotatable bonds is 3. The van der Waals surface area contributed by atoms with E-state index in [1.807, 2.05) is 4.98 Å². The van der Waals surface area contributed by atoms with Gasteiger partial charge in [-0.05, 0) is 6.42 Å². The van der Waals surface area contributed by atoms with Crippen LogP contribution in [0.15, 0.2) is 15.7 Å². The summed E-state index contributed by atoms with van der Waals surface area (Å²) in [7, 11) is 0. The number of carboxylic acids is 1. The van der Waals surface area contributed by atoms with Crippen LogP contribution in [-0.2, 0) is 16.0 Å². The molecule has 19 heavy (non-hydrogen) atoms. The molecule has 0 aromatic carbocycles. The van der Waals surface area contributed by atoms with Crippen molar-refractivity contribution < 1.29 is 14.7 Å². The van der Waals surface area contributed by atoms with Gasteiger partial charge in [0.1, 0.15) is 0 Å². The molecule has 8 nitrogen and oxygen atoms in total. The number of aliphatic carboxylic acids is 1. The van der Waals surface area contributed by atoms with Gasteiger partial charge in [0, 0.05) is 24.8 Å². The zero-order chi connectivity index (χ0) is 14.0. The van der Waals surface area contributed by atoms with E-state index >= 15 is 0 Å². The van der Waals surface area contributed by atoms with Gasteiger partial charge in [0.25, 0.3) is 5.56 Å². The Labute approximate surface area is 107 Å². The Morgan fingerprint density at radius 1 is 1.37 bits per heavy atom. The molecule has 1 fully saturated rings. The van der Waals surface area contributed by atoms with E-state index in [4.69, 9.17) is 5.11 Å². The largest absolute Gasteiger partial charge is 0.481 e. The predicted molar refractivity (Wildman–Crippen MR) is 63.7 cm³/mol. The first-order valence-corrected chi connectivity index (χ1v) is 5.79. The number of carbonyl (C=O) groups is 2. The number of hydrogen-bond acceptors (Lipinski definition) is 4. The molecule has 2 heterocycles. The number of amides is 1. The van der Waals surface area contributed by atoms with E-state index in [0.29, 0.717) is 13.0 Å². The van der Waals surface area contributed by atoms with Crippen LogP contribution in [0.4, 0.5) is 0 Å². The maximum absolute atomic E-state index is 11.9. The first-order valence-electron chi connectivity index (χ1n) is 5.79. The van der Waals surface area contributed by atoms with Crippen LogP contribution in [0.3, 0.4) is 0 Å². The van der Waals surface area contributed by atoms with Crippen LogP contribution in [0, 0.1) is 5.92 Å². The molecule has 1 aromatic rings. The highest BCUT2D eigenvalue weighted by Crippen LogP contribution is 2.16. The average molecular weight is 267 g/mol. The number of carboxylic acid groups (broad SMARTS) is 1. The molecule has 0 aliphatic carbocycles. The average Bonchev–Trinajstić information content (AvgIpc) is 2.76. The van der Waals surface area contributed by atoms with E-state index in [2.05, 4.69) is 4.98 Å². The van der Waals surface area contributed by atoms with E-state index in [0.717, 1.165) is 6.07 Å². The molecule has 0 saturated carbocycles. The maximum atomic E-state index is 11.9. The Bertz CT molecular complexity index is 589. The first-order chi connectivity index (χ1) is 8.95. The zero-order valence-electron chi connectivity index (χ0n) is 10.0. The quantitative estimate of drug-likeness (QED) is 0.617. The normalized spacial score (nSPS) is 18.5. The maximum Gasteiger partial charge on any atom is 0.325 e. The number of nitrogens with one attached hydrogen (secondary N) is 2. The lowest BCUT2D eigenvalue weighted by atomic mass is 10.1. The van der Waals surface area contributed by atoms with Crippen molar-refractivity contribution in [3.05, 3.63) is 32.6 Å². The number of carbonyl (C=O) groups excluding carboxylic acids is 1. The third-order valence-corrected chi connectivity index (χ3v) is 3.05. The zero-order valence-corrected chi connectivity index (χ0v) is 10.0. The highest BCUT2D eigenvalue weighted by molar-refractivity contribution is 5.80. The summed E-state index contributed by atoms with van der Waals surface area (Å²) in [5, 5.41) is 8.84. The van der Waals surface area contributed by atoms with Crippen molar-refractivity contribution in [2.45, 2.75) is 12.8 Å². The molecule has 1 amide bonds. The molecule has 1 unspecified atom stereocenters. The van der Waals surface area contributed by atoms with Crippen molar-refractivity contribution in [1.29, 1.82) is 0 Å². The van der Waals surface area contributed by atoms with E-state index < -0.39 is 23.1 Å². The third-order valence-electron chi connectivity index (χ3n) is 3.05. The van der Waals surface area contributed by atoms with Crippen LogP contribution >= 0.6 is 0 Å². The summed E-state index contributed by atoms with van der Waals surface area (Å²) in [6, 6.07) is 1.14. The van der Waals surface area contributed by atoms with Gasteiger partial charge in [-0.3, -0.25) is 19.4 Å². The fourth-order valence-electron chi connectivity index (χ4n) is 2.08. The monoisotopic (exact) mass is 267 g/mol. The highest BCUT2D eigenvalue weighted by atomic mass is 16.4. The van der Waals surface area contributed by atoms with Crippen molar-refractivity contribution in [3.8, 4) is 0 Å².